The Kier molecular flexibility index (Phi) is 4.94. The van der Waals surface area contributed by atoms with E-state index in [4.69, 9.17) is 11.6 Å². The lowest BCUT2D eigenvalue weighted by Crippen LogP contribution is -2.48. The van der Waals surface area contributed by atoms with Crippen molar-refractivity contribution < 1.29 is 13.3 Å². The van der Waals surface area contributed by atoms with Crippen molar-refractivity contribution in [3.05, 3.63) is 63.7 Å². The minimum atomic E-state index is -3.56. The third kappa shape index (κ3) is 3.60. The molecule has 1 fully saturated rings. The molecule has 0 atom stereocenters. The second kappa shape index (κ2) is 6.99. The van der Waals surface area contributed by atoms with Gasteiger partial charge in [-0.3, -0.25) is 10.1 Å². The summed E-state index contributed by atoms with van der Waals surface area (Å²) in [6.45, 7) is 1.21. The van der Waals surface area contributed by atoms with Gasteiger partial charge in [-0.05, 0) is 24.3 Å². The van der Waals surface area contributed by atoms with Gasteiger partial charge in [0.25, 0.3) is 5.69 Å². The van der Waals surface area contributed by atoms with Crippen LogP contribution in [-0.4, -0.2) is 43.8 Å². The van der Waals surface area contributed by atoms with E-state index in [1.165, 1.54) is 16.4 Å². The van der Waals surface area contributed by atoms with Crippen molar-refractivity contribution in [2.45, 2.75) is 4.90 Å². The molecule has 1 aliphatic rings. The highest BCUT2D eigenvalue weighted by molar-refractivity contribution is 7.89. The molecule has 0 aromatic heterocycles. The number of halogens is 1. The molecule has 1 saturated heterocycles. The van der Waals surface area contributed by atoms with Crippen LogP contribution in [0.3, 0.4) is 0 Å². The first-order valence-electron chi connectivity index (χ1n) is 7.64. The molecule has 2 aromatic rings. The number of piperazine rings is 1. The van der Waals surface area contributed by atoms with E-state index in [1.54, 1.807) is 41.3 Å². The quantitative estimate of drug-likeness (QED) is 0.600. The number of nitro groups is 1. The van der Waals surface area contributed by atoms with Crippen molar-refractivity contribution in [3.63, 3.8) is 0 Å². The minimum absolute atomic E-state index is 0.0382. The molecule has 1 aliphatic heterocycles. The van der Waals surface area contributed by atoms with Crippen LogP contribution < -0.4 is 4.90 Å². The zero-order valence-electron chi connectivity index (χ0n) is 13.2. The van der Waals surface area contributed by atoms with Gasteiger partial charge in [0.05, 0.1) is 9.82 Å². The maximum atomic E-state index is 12.6. The average molecular weight is 382 g/mol. The van der Waals surface area contributed by atoms with Crippen LogP contribution >= 0.6 is 11.6 Å². The monoisotopic (exact) mass is 381 g/mol. The summed E-state index contributed by atoms with van der Waals surface area (Å²) in [6.07, 6.45) is 0. The summed E-state index contributed by atoms with van der Waals surface area (Å²) >= 11 is 5.97. The summed E-state index contributed by atoms with van der Waals surface area (Å²) in [5.74, 6) is 0. The Morgan fingerprint density at radius 2 is 1.64 bits per heavy atom. The van der Waals surface area contributed by atoms with Gasteiger partial charge < -0.3 is 4.90 Å². The van der Waals surface area contributed by atoms with Gasteiger partial charge in [0.15, 0.2) is 0 Å². The molecule has 0 aliphatic carbocycles. The molecule has 1 heterocycles. The number of nitrogens with zero attached hydrogens (tertiary/aromatic N) is 3. The highest BCUT2D eigenvalue weighted by Gasteiger charge is 2.30. The Morgan fingerprint density at radius 1 is 1.00 bits per heavy atom. The van der Waals surface area contributed by atoms with Crippen LogP contribution in [-0.2, 0) is 10.0 Å². The largest absolute Gasteiger partial charge is 0.363 e. The maximum absolute atomic E-state index is 12.6. The fourth-order valence-electron chi connectivity index (χ4n) is 2.82. The van der Waals surface area contributed by atoms with Gasteiger partial charge in [-0.25, -0.2) is 8.42 Å². The molecular formula is C16H16ClN3O4S. The summed E-state index contributed by atoms with van der Waals surface area (Å²) in [4.78, 5) is 12.8. The van der Waals surface area contributed by atoms with Gasteiger partial charge in [0, 0.05) is 37.3 Å². The first-order chi connectivity index (χ1) is 11.9. The number of benzene rings is 2. The molecule has 2 aromatic carbocycles. The third-order valence-corrected chi connectivity index (χ3v) is 6.24. The van der Waals surface area contributed by atoms with E-state index in [2.05, 4.69) is 0 Å². The molecule has 3 rings (SSSR count). The molecule has 0 saturated carbocycles. The molecule has 0 spiro atoms. The topological polar surface area (TPSA) is 83.8 Å². The van der Waals surface area contributed by atoms with Crippen LogP contribution in [0.15, 0.2) is 53.4 Å². The van der Waals surface area contributed by atoms with Gasteiger partial charge in [-0.1, -0.05) is 29.8 Å². The van der Waals surface area contributed by atoms with Crippen molar-refractivity contribution in [3.8, 4) is 0 Å². The SMILES string of the molecule is O=[N+]([O-])c1ccc(Cl)cc1N1CCN(S(=O)(=O)c2ccccc2)CC1. The molecule has 0 bridgehead atoms. The lowest BCUT2D eigenvalue weighted by molar-refractivity contribution is -0.384. The van der Waals surface area contributed by atoms with Crippen LogP contribution in [0.1, 0.15) is 0 Å². The summed E-state index contributed by atoms with van der Waals surface area (Å²) < 4.78 is 26.7. The molecule has 0 N–H and O–H groups in total. The number of hydrogen-bond acceptors (Lipinski definition) is 5. The lowest BCUT2D eigenvalue weighted by atomic mass is 10.2. The van der Waals surface area contributed by atoms with Gasteiger partial charge in [-0.2, -0.15) is 4.31 Å². The molecule has 9 heteroatoms. The minimum Gasteiger partial charge on any atom is -0.363 e. The second-order valence-corrected chi connectivity index (χ2v) is 7.97. The van der Waals surface area contributed by atoms with E-state index in [9.17, 15) is 18.5 Å². The predicted molar refractivity (Wildman–Crippen MR) is 95.5 cm³/mol. The van der Waals surface area contributed by atoms with Gasteiger partial charge in [0.2, 0.25) is 10.0 Å². The Labute approximate surface area is 150 Å². The number of rotatable bonds is 4. The fourth-order valence-corrected chi connectivity index (χ4v) is 4.42. The zero-order chi connectivity index (χ0) is 18.0. The number of anilines is 1. The van der Waals surface area contributed by atoms with Crippen molar-refractivity contribution >= 4 is 33.0 Å². The Morgan fingerprint density at radius 3 is 2.24 bits per heavy atom. The Hall–Kier alpha value is -2.16. The van der Waals surface area contributed by atoms with Crippen molar-refractivity contribution in [1.82, 2.24) is 4.31 Å². The van der Waals surface area contributed by atoms with E-state index in [-0.39, 0.29) is 23.7 Å². The van der Waals surface area contributed by atoms with Crippen molar-refractivity contribution in [1.29, 1.82) is 0 Å². The van der Waals surface area contributed by atoms with Crippen LogP contribution in [0.2, 0.25) is 5.02 Å². The van der Waals surface area contributed by atoms with Gasteiger partial charge >= 0.3 is 0 Å². The number of hydrogen-bond donors (Lipinski definition) is 0. The maximum Gasteiger partial charge on any atom is 0.292 e. The van der Waals surface area contributed by atoms with E-state index in [0.717, 1.165) is 0 Å². The van der Waals surface area contributed by atoms with Crippen LogP contribution in [0.4, 0.5) is 11.4 Å². The van der Waals surface area contributed by atoms with Gasteiger partial charge in [-0.15, -0.1) is 0 Å². The molecule has 0 radical (unpaired) electrons. The number of sulfonamides is 1. The molecule has 0 amide bonds. The zero-order valence-corrected chi connectivity index (χ0v) is 14.8. The van der Waals surface area contributed by atoms with Crippen LogP contribution in [0, 0.1) is 10.1 Å². The highest BCUT2D eigenvalue weighted by Crippen LogP contribution is 2.32. The lowest BCUT2D eigenvalue weighted by Gasteiger charge is -2.35. The Balaban J connectivity index is 1.79. The van der Waals surface area contributed by atoms with E-state index >= 15 is 0 Å². The fraction of sp³-hybridized carbons (Fsp3) is 0.250. The highest BCUT2D eigenvalue weighted by atomic mass is 35.5. The first-order valence-corrected chi connectivity index (χ1v) is 9.45. The molecule has 132 valence electrons. The summed E-state index contributed by atoms with van der Waals surface area (Å²) in [6, 6.07) is 12.6. The van der Waals surface area contributed by atoms with Crippen molar-refractivity contribution in [2.75, 3.05) is 31.1 Å². The third-order valence-electron chi connectivity index (χ3n) is 4.09. The average Bonchev–Trinajstić information content (AvgIpc) is 2.62. The van der Waals surface area contributed by atoms with E-state index in [0.29, 0.717) is 23.8 Å². The van der Waals surface area contributed by atoms with Crippen LogP contribution in [0.5, 0.6) is 0 Å². The second-order valence-electron chi connectivity index (χ2n) is 5.59. The molecule has 0 unspecified atom stereocenters. The van der Waals surface area contributed by atoms with Gasteiger partial charge in [0.1, 0.15) is 5.69 Å². The smallest absolute Gasteiger partial charge is 0.292 e. The molecule has 7 nitrogen and oxygen atoms in total. The standard InChI is InChI=1S/C16H16ClN3O4S/c17-13-6-7-15(20(21)22)16(12-13)18-8-10-19(11-9-18)25(23,24)14-4-2-1-3-5-14/h1-7,12H,8-11H2. The predicted octanol–water partition coefficient (Wildman–Crippen LogP) is 2.76. The van der Waals surface area contributed by atoms with E-state index < -0.39 is 14.9 Å². The van der Waals surface area contributed by atoms with E-state index in [1.807, 2.05) is 0 Å². The normalized spacial score (nSPS) is 16.0. The molecular weight excluding hydrogens is 366 g/mol. The van der Waals surface area contributed by atoms with Crippen molar-refractivity contribution in [2.24, 2.45) is 0 Å². The molecule has 25 heavy (non-hydrogen) atoms. The number of nitro benzene ring substituents is 1. The first kappa shape index (κ1) is 17.7. The Bertz CT molecular complexity index is 882. The summed E-state index contributed by atoms with van der Waals surface area (Å²) in [5, 5.41) is 11.6. The summed E-state index contributed by atoms with van der Waals surface area (Å²) in [7, 11) is -3.56. The summed E-state index contributed by atoms with van der Waals surface area (Å²) in [5.41, 5.74) is 0.373. The van der Waals surface area contributed by atoms with Crippen LogP contribution in [0.25, 0.3) is 0 Å².